The summed E-state index contributed by atoms with van der Waals surface area (Å²) in [6.45, 7) is 0.298. The zero-order valence-corrected chi connectivity index (χ0v) is 17.8. The maximum atomic E-state index is 14.3. The fraction of sp³-hybridized carbons (Fsp3) is 0.217. The van der Waals surface area contributed by atoms with Crippen molar-refractivity contribution < 1.29 is 18.9 Å². The van der Waals surface area contributed by atoms with Gasteiger partial charge in [0.05, 0.1) is 15.7 Å². The lowest BCUT2D eigenvalue weighted by Crippen LogP contribution is -2.51. The molecule has 2 aromatic carbocycles. The number of carbonyl (C=O) groups is 2. The Labute approximate surface area is 186 Å². The van der Waals surface area contributed by atoms with E-state index in [1.807, 2.05) is 0 Å². The van der Waals surface area contributed by atoms with Crippen molar-refractivity contribution in [2.75, 3.05) is 18.9 Å². The van der Waals surface area contributed by atoms with Gasteiger partial charge in [-0.15, -0.1) is 11.3 Å². The molecule has 0 radical (unpaired) electrons. The highest BCUT2D eigenvalue weighted by atomic mass is 32.1. The average molecular weight is 451 g/mol. The van der Waals surface area contributed by atoms with Crippen molar-refractivity contribution in [1.82, 2.24) is 4.90 Å². The molecule has 5 rings (SSSR count). The van der Waals surface area contributed by atoms with Crippen LogP contribution >= 0.6 is 11.3 Å². The summed E-state index contributed by atoms with van der Waals surface area (Å²) in [6, 6.07) is 13.7. The van der Waals surface area contributed by atoms with E-state index in [2.05, 4.69) is 5.32 Å². The van der Waals surface area contributed by atoms with Gasteiger partial charge in [0.1, 0.15) is 11.4 Å². The Kier molecular flexibility index (Phi) is 4.68. The molecule has 1 fully saturated rings. The normalized spacial score (nSPS) is 24.5. The minimum atomic E-state index is -1.42. The number of fused-ring (bicyclic) bond motifs is 2. The number of halogens is 1. The largest absolute Gasteiger partial charge is 0.324 e. The number of non-ortho nitro benzene ring substituents is 1. The van der Waals surface area contributed by atoms with Gasteiger partial charge in [-0.3, -0.25) is 24.6 Å². The predicted molar refractivity (Wildman–Crippen MR) is 117 cm³/mol. The Morgan fingerprint density at radius 3 is 2.78 bits per heavy atom. The number of likely N-dealkylation sites (tertiary alicyclic amines) is 1. The van der Waals surface area contributed by atoms with Gasteiger partial charge in [-0.05, 0) is 42.3 Å². The number of hydrogen-bond acceptors (Lipinski definition) is 6. The number of benzene rings is 2. The van der Waals surface area contributed by atoms with Crippen LogP contribution in [0.3, 0.4) is 0 Å². The Balaban J connectivity index is 1.74. The topological polar surface area (TPSA) is 92.5 Å². The van der Waals surface area contributed by atoms with E-state index in [1.165, 1.54) is 41.7 Å². The number of anilines is 1. The second-order valence-electron chi connectivity index (χ2n) is 8.07. The van der Waals surface area contributed by atoms with E-state index in [1.54, 1.807) is 41.6 Å². The number of nitro benzene ring substituents is 1. The minimum Gasteiger partial charge on any atom is -0.324 e. The van der Waals surface area contributed by atoms with E-state index in [4.69, 9.17) is 0 Å². The van der Waals surface area contributed by atoms with Crippen LogP contribution in [0.5, 0.6) is 0 Å². The van der Waals surface area contributed by atoms with Crippen molar-refractivity contribution >= 4 is 34.4 Å². The molecule has 1 N–H and O–H groups in total. The van der Waals surface area contributed by atoms with E-state index < -0.39 is 34.0 Å². The molecule has 3 heterocycles. The van der Waals surface area contributed by atoms with Gasteiger partial charge >= 0.3 is 0 Å². The quantitative estimate of drug-likeness (QED) is 0.365. The zero-order valence-electron chi connectivity index (χ0n) is 16.9. The molecule has 1 aromatic heterocycles. The van der Waals surface area contributed by atoms with Gasteiger partial charge < -0.3 is 5.32 Å². The van der Waals surface area contributed by atoms with Crippen molar-refractivity contribution in [2.45, 2.75) is 11.5 Å². The number of nitrogens with zero attached hydrogens (tertiary/aromatic N) is 2. The van der Waals surface area contributed by atoms with Crippen molar-refractivity contribution in [3.63, 3.8) is 0 Å². The van der Waals surface area contributed by atoms with Gasteiger partial charge in [-0.2, -0.15) is 0 Å². The second kappa shape index (κ2) is 7.32. The van der Waals surface area contributed by atoms with Crippen molar-refractivity contribution in [3.8, 4) is 0 Å². The molecule has 32 heavy (non-hydrogen) atoms. The van der Waals surface area contributed by atoms with Crippen LogP contribution in [0.2, 0.25) is 0 Å². The van der Waals surface area contributed by atoms with Gasteiger partial charge in [0.2, 0.25) is 5.91 Å². The third-order valence-electron chi connectivity index (χ3n) is 6.47. The number of Topliss-reactive ketones (excluding diaryl/α,β-unsaturated/α-hetero) is 1. The number of hydrogen-bond donors (Lipinski definition) is 1. The number of thiophene rings is 1. The minimum absolute atomic E-state index is 0.0873. The van der Waals surface area contributed by atoms with Crippen LogP contribution in [-0.2, 0) is 10.3 Å². The van der Waals surface area contributed by atoms with Crippen LogP contribution in [0, 0.1) is 21.8 Å². The molecule has 7 nitrogen and oxygen atoms in total. The van der Waals surface area contributed by atoms with Crippen LogP contribution in [0.4, 0.5) is 15.8 Å². The molecule has 2 aliphatic heterocycles. The van der Waals surface area contributed by atoms with E-state index in [-0.39, 0.29) is 11.5 Å². The van der Waals surface area contributed by atoms with Crippen LogP contribution in [0.1, 0.15) is 26.7 Å². The van der Waals surface area contributed by atoms with Crippen molar-refractivity contribution in [2.24, 2.45) is 5.92 Å². The molecule has 9 heteroatoms. The Morgan fingerprint density at radius 2 is 2.06 bits per heavy atom. The summed E-state index contributed by atoms with van der Waals surface area (Å²) in [6.07, 6.45) is 0. The van der Waals surface area contributed by atoms with E-state index in [0.29, 0.717) is 28.2 Å². The van der Waals surface area contributed by atoms with Crippen LogP contribution < -0.4 is 5.32 Å². The summed E-state index contributed by atoms with van der Waals surface area (Å²) in [5, 5.41) is 16.0. The fourth-order valence-corrected chi connectivity index (χ4v) is 5.86. The summed E-state index contributed by atoms with van der Waals surface area (Å²) in [5.41, 5.74) is -0.0423. The van der Waals surface area contributed by atoms with Gasteiger partial charge in [-0.1, -0.05) is 18.2 Å². The number of likely N-dealkylation sites (N-methyl/N-ethyl adjacent to an activating group) is 1. The second-order valence-corrected chi connectivity index (χ2v) is 9.02. The summed E-state index contributed by atoms with van der Waals surface area (Å²) >= 11 is 1.27. The highest BCUT2D eigenvalue weighted by molar-refractivity contribution is 7.12. The number of nitrogens with one attached hydrogen (secondary N) is 1. The standard InChI is InChI=1S/C23H18FN3O4S/c1-26-12-16(13-4-2-5-15(10-13)27(30)31)20(21(28)19-6-3-9-32-19)23(26)17-11-14(24)7-8-18(17)25-22(23)29/h2-11,16,20H,12H2,1H3,(H,25,29)/t16-,20+,23+/m1/s1. The molecule has 0 unspecified atom stereocenters. The maximum absolute atomic E-state index is 14.3. The smallest absolute Gasteiger partial charge is 0.269 e. The molecule has 3 atom stereocenters. The number of carbonyl (C=O) groups excluding carboxylic acids is 2. The molecular weight excluding hydrogens is 433 g/mol. The first-order chi connectivity index (χ1) is 15.3. The SMILES string of the molecule is CN1C[C@H](c2cccc([N+](=O)[O-])c2)[C@@H](C(=O)c2cccs2)[C@@]12C(=O)Nc1ccc(F)cc12. The molecule has 1 saturated heterocycles. The van der Waals surface area contributed by atoms with Gasteiger partial charge in [0.15, 0.2) is 5.78 Å². The molecular formula is C23H18FN3O4S. The lowest BCUT2D eigenvalue weighted by Gasteiger charge is -2.35. The molecule has 0 bridgehead atoms. The number of ketones is 1. The summed E-state index contributed by atoms with van der Waals surface area (Å²) in [5.74, 6) is -2.55. The average Bonchev–Trinajstić information content (AvgIpc) is 3.47. The van der Waals surface area contributed by atoms with Crippen molar-refractivity contribution in [3.05, 3.63) is 91.9 Å². The van der Waals surface area contributed by atoms with Gasteiger partial charge in [-0.25, -0.2) is 4.39 Å². The molecule has 2 aliphatic rings. The lowest BCUT2D eigenvalue weighted by molar-refractivity contribution is -0.384. The number of amides is 1. The molecule has 162 valence electrons. The Bertz CT molecular complexity index is 1260. The lowest BCUT2D eigenvalue weighted by atomic mass is 9.71. The number of nitro groups is 1. The molecule has 0 saturated carbocycles. The molecule has 0 aliphatic carbocycles. The monoisotopic (exact) mass is 451 g/mol. The van der Waals surface area contributed by atoms with Crippen LogP contribution in [0.25, 0.3) is 0 Å². The molecule has 1 amide bonds. The van der Waals surface area contributed by atoms with Gasteiger partial charge in [0.25, 0.3) is 5.69 Å². The summed E-state index contributed by atoms with van der Waals surface area (Å²) in [7, 11) is 1.73. The highest BCUT2D eigenvalue weighted by Crippen LogP contribution is 2.56. The zero-order chi connectivity index (χ0) is 22.6. The van der Waals surface area contributed by atoms with E-state index in [0.717, 1.165) is 0 Å². The molecule has 1 spiro atoms. The number of rotatable bonds is 4. The van der Waals surface area contributed by atoms with Crippen molar-refractivity contribution in [1.29, 1.82) is 0 Å². The first-order valence-corrected chi connectivity index (χ1v) is 10.9. The highest BCUT2D eigenvalue weighted by Gasteiger charge is 2.64. The van der Waals surface area contributed by atoms with E-state index in [9.17, 15) is 24.1 Å². The first-order valence-electron chi connectivity index (χ1n) is 9.99. The Morgan fingerprint density at radius 1 is 1.25 bits per heavy atom. The van der Waals surface area contributed by atoms with Gasteiger partial charge in [0, 0.05) is 35.8 Å². The van der Waals surface area contributed by atoms with Crippen LogP contribution in [-0.4, -0.2) is 35.1 Å². The maximum Gasteiger partial charge on any atom is 0.269 e. The van der Waals surface area contributed by atoms with Crippen LogP contribution in [0.15, 0.2) is 60.0 Å². The molecule has 3 aromatic rings. The predicted octanol–water partition coefficient (Wildman–Crippen LogP) is 4.17. The van der Waals surface area contributed by atoms with E-state index >= 15 is 0 Å². The fourth-order valence-electron chi connectivity index (χ4n) is 5.15. The summed E-state index contributed by atoms with van der Waals surface area (Å²) in [4.78, 5) is 40.4. The first kappa shape index (κ1) is 20.5. The third kappa shape index (κ3) is 2.81. The summed E-state index contributed by atoms with van der Waals surface area (Å²) < 4.78 is 14.3. The third-order valence-corrected chi connectivity index (χ3v) is 7.35. The Hall–Kier alpha value is -3.43.